The van der Waals surface area contributed by atoms with Crippen LogP contribution in [0.15, 0.2) is 23.3 Å². The molecular weight excluding hydrogens is 382 g/mol. The number of nitrogens with one attached hydrogen (secondary N) is 2. The summed E-state index contributed by atoms with van der Waals surface area (Å²) in [5.41, 5.74) is 2.28. The molecule has 2 aromatic rings. The van der Waals surface area contributed by atoms with Gasteiger partial charge in [0.15, 0.2) is 5.96 Å². The number of likely N-dealkylation sites (N-methyl/N-ethyl adjacent to an activating group) is 1. The molecule has 0 aliphatic carbocycles. The molecule has 3 heterocycles. The fraction of sp³-hybridized carbons (Fsp3) is 0.571. The first kappa shape index (κ1) is 21.5. The highest BCUT2D eigenvalue weighted by molar-refractivity contribution is 7.11. The van der Waals surface area contributed by atoms with Crippen LogP contribution in [0, 0.1) is 13.8 Å². The van der Waals surface area contributed by atoms with Crippen LogP contribution in [0.1, 0.15) is 35.0 Å². The molecular formula is C21H33N7S. The Morgan fingerprint density at radius 1 is 1.17 bits per heavy atom. The standard InChI is InChI=1S/C21H33N7S/c1-5-22-21(25-15-20-26-16(3)17(4)29-20)24-14-18-7-8-23-19(13-18)28-11-9-27(6-2)10-12-28/h7-8,13H,5-6,9-12,14-15H2,1-4H3,(H2,22,24,25). The number of thiazole rings is 1. The highest BCUT2D eigenvalue weighted by Gasteiger charge is 2.16. The third-order valence-electron chi connectivity index (χ3n) is 5.20. The summed E-state index contributed by atoms with van der Waals surface area (Å²) in [6.45, 7) is 16.0. The van der Waals surface area contributed by atoms with Crippen LogP contribution in [0.5, 0.6) is 0 Å². The minimum absolute atomic E-state index is 0.621. The molecule has 0 bridgehead atoms. The van der Waals surface area contributed by atoms with Crippen molar-refractivity contribution in [3.63, 3.8) is 0 Å². The average Bonchev–Trinajstić information content (AvgIpc) is 3.07. The second kappa shape index (κ2) is 10.5. The Morgan fingerprint density at radius 2 is 1.97 bits per heavy atom. The lowest BCUT2D eigenvalue weighted by atomic mass is 10.2. The molecule has 0 amide bonds. The molecule has 3 rings (SSSR count). The maximum atomic E-state index is 4.76. The second-order valence-electron chi connectivity index (χ2n) is 7.24. The van der Waals surface area contributed by atoms with Crippen LogP contribution in [0.4, 0.5) is 5.82 Å². The van der Waals surface area contributed by atoms with Crippen molar-refractivity contribution in [3.8, 4) is 0 Å². The average molecular weight is 416 g/mol. The lowest BCUT2D eigenvalue weighted by molar-refractivity contribution is 0.270. The summed E-state index contributed by atoms with van der Waals surface area (Å²) in [5, 5.41) is 7.80. The van der Waals surface area contributed by atoms with Crippen molar-refractivity contribution in [2.75, 3.05) is 44.2 Å². The summed E-state index contributed by atoms with van der Waals surface area (Å²) in [6, 6.07) is 4.22. The Labute approximate surface area is 178 Å². The molecule has 8 heteroatoms. The summed E-state index contributed by atoms with van der Waals surface area (Å²) >= 11 is 1.73. The lowest BCUT2D eigenvalue weighted by Gasteiger charge is -2.34. The van der Waals surface area contributed by atoms with Gasteiger partial charge < -0.3 is 20.4 Å². The molecule has 0 spiro atoms. The normalized spacial score (nSPS) is 15.6. The Morgan fingerprint density at radius 3 is 2.62 bits per heavy atom. The van der Waals surface area contributed by atoms with Gasteiger partial charge in [-0.2, -0.15) is 0 Å². The smallest absolute Gasteiger partial charge is 0.191 e. The van der Waals surface area contributed by atoms with Gasteiger partial charge in [0.25, 0.3) is 0 Å². The first-order valence-corrected chi connectivity index (χ1v) is 11.3. The van der Waals surface area contributed by atoms with Gasteiger partial charge in [0.1, 0.15) is 10.8 Å². The first-order chi connectivity index (χ1) is 14.1. The van der Waals surface area contributed by atoms with E-state index in [1.165, 1.54) is 10.4 Å². The summed E-state index contributed by atoms with van der Waals surface area (Å²) < 4.78 is 0. The van der Waals surface area contributed by atoms with Crippen molar-refractivity contribution >= 4 is 23.1 Å². The number of aliphatic imine (C=N–C) groups is 1. The van der Waals surface area contributed by atoms with E-state index in [0.717, 1.165) is 61.7 Å². The Hall–Kier alpha value is -2.19. The summed E-state index contributed by atoms with van der Waals surface area (Å²) in [4.78, 5) is 20.1. The molecule has 1 aliphatic rings. The van der Waals surface area contributed by atoms with Gasteiger partial charge in [0.2, 0.25) is 0 Å². The maximum absolute atomic E-state index is 4.76. The largest absolute Gasteiger partial charge is 0.357 e. The minimum atomic E-state index is 0.621. The molecule has 7 nitrogen and oxygen atoms in total. The molecule has 1 aliphatic heterocycles. The van der Waals surface area contributed by atoms with Gasteiger partial charge in [0.05, 0.1) is 18.8 Å². The van der Waals surface area contributed by atoms with E-state index in [4.69, 9.17) is 4.99 Å². The molecule has 1 fully saturated rings. The predicted molar refractivity (Wildman–Crippen MR) is 122 cm³/mol. The molecule has 0 saturated carbocycles. The number of hydrogen-bond donors (Lipinski definition) is 2. The fourth-order valence-corrected chi connectivity index (χ4v) is 4.18. The lowest BCUT2D eigenvalue weighted by Crippen LogP contribution is -2.46. The fourth-order valence-electron chi connectivity index (χ4n) is 3.31. The Balaban J connectivity index is 1.60. The highest BCUT2D eigenvalue weighted by atomic mass is 32.1. The number of anilines is 1. The first-order valence-electron chi connectivity index (χ1n) is 10.5. The van der Waals surface area contributed by atoms with E-state index in [2.05, 4.69) is 64.2 Å². The monoisotopic (exact) mass is 415 g/mol. The van der Waals surface area contributed by atoms with Gasteiger partial charge >= 0.3 is 0 Å². The number of guanidine groups is 1. The van der Waals surface area contributed by atoms with Crippen molar-refractivity contribution in [2.45, 2.75) is 40.8 Å². The zero-order chi connectivity index (χ0) is 20.6. The SMILES string of the molecule is CCNC(=NCc1ccnc(N2CCN(CC)CC2)c1)NCc1nc(C)c(C)s1. The number of nitrogens with zero attached hydrogens (tertiary/aromatic N) is 5. The molecule has 0 unspecified atom stereocenters. The van der Waals surface area contributed by atoms with E-state index in [-0.39, 0.29) is 0 Å². The summed E-state index contributed by atoms with van der Waals surface area (Å²) in [5.74, 6) is 1.87. The van der Waals surface area contributed by atoms with Crippen LogP contribution >= 0.6 is 11.3 Å². The molecule has 0 aromatic carbocycles. The van der Waals surface area contributed by atoms with Gasteiger partial charge in [0, 0.05) is 43.8 Å². The highest BCUT2D eigenvalue weighted by Crippen LogP contribution is 2.17. The van der Waals surface area contributed by atoms with Gasteiger partial charge in [-0.25, -0.2) is 15.0 Å². The van der Waals surface area contributed by atoms with Crippen molar-refractivity contribution < 1.29 is 0 Å². The van der Waals surface area contributed by atoms with Crippen molar-refractivity contribution in [3.05, 3.63) is 39.5 Å². The molecule has 2 N–H and O–H groups in total. The van der Waals surface area contributed by atoms with E-state index in [9.17, 15) is 0 Å². The minimum Gasteiger partial charge on any atom is -0.357 e. The molecule has 0 radical (unpaired) electrons. The molecule has 0 atom stereocenters. The second-order valence-corrected chi connectivity index (χ2v) is 8.53. The number of rotatable bonds is 7. The number of hydrogen-bond acceptors (Lipinski definition) is 6. The Bertz CT molecular complexity index is 790. The molecule has 29 heavy (non-hydrogen) atoms. The van der Waals surface area contributed by atoms with Crippen molar-refractivity contribution in [1.82, 2.24) is 25.5 Å². The number of aryl methyl sites for hydroxylation is 2. The zero-order valence-corrected chi connectivity index (χ0v) is 18.8. The topological polar surface area (TPSA) is 68.7 Å². The molecule has 1 saturated heterocycles. The maximum Gasteiger partial charge on any atom is 0.191 e. The van der Waals surface area contributed by atoms with E-state index in [1.54, 1.807) is 11.3 Å². The third kappa shape index (κ3) is 6.14. The van der Waals surface area contributed by atoms with Crippen molar-refractivity contribution in [1.29, 1.82) is 0 Å². The Kier molecular flexibility index (Phi) is 7.83. The van der Waals surface area contributed by atoms with Crippen LogP contribution in [0.25, 0.3) is 0 Å². The quantitative estimate of drug-likeness (QED) is 0.535. The van der Waals surface area contributed by atoms with Crippen LogP contribution < -0.4 is 15.5 Å². The summed E-state index contributed by atoms with van der Waals surface area (Å²) in [7, 11) is 0. The van der Waals surface area contributed by atoms with E-state index < -0.39 is 0 Å². The molecule has 2 aromatic heterocycles. The number of pyridine rings is 1. The zero-order valence-electron chi connectivity index (χ0n) is 18.0. The van der Waals surface area contributed by atoms with Gasteiger partial charge in [-0.15, -0.1) is 11.3 Å². The van der Waals surface area contributed by atoms with Gasteiger partial charge in [-0.05, 0) is 45.0 Å². The van der Waals surface area contributed by atoms with Crippen LogP contribution in [0.2, 0.25) is 0 Å². The predicted octanol–water partition coefficient (Wildman–Crippen LogP) is 2.55. The number of piperazine rings is 1. The van der Waals surface area contributed by atoms with Crippen LogP contribution in [-0.2, 0) is 13.1 Å². The third-order valence-corrected chi connectivity index (χ3v) is 6.27. The summed E-state index contributed by atoms with van der Waals surface area (Å²) in [6.07, 6.45) is 1.90. The van der Waals surface area contributed by atoms with E-state index in [0.29, 0.717) is 13.1 Å². The van der Waals surface area contributed by atoms with Crippen LogP contribution in [-0.4, -0.2) is 60.1 Å². The van der Waals surface area contributed by atoms with Crippen molar-refractivity contribution in [2.24, 2.45) is 4.99 Å². The van der Waals surface area contributed by atoms with Gasteiger partial charge in [-0.3, -0.25) is 0 Å². The van der Waals surface area contributed by atoms with Gasteiger partial charge in [-0.1, -0.05) is 6.92 Å². The van der Waals surface area contributed by atoms with E-state index >= 15 is 0 Å². The van der Waals surface area contributed by atoms with Crippen LogP contribution in [0.3, 0.4) is 0 Å². The number of aromatic nitrogens is 2. The van der Waals surface area contributed by atoms with E-state index in [1.807, 2.05) is 12.3 Å². The molecule has 158 valence electrons.